The average Bonchev–Trinajstić information content (AvgIpc) is 2.95. The third-order valence-corrected chi connectivity index (χ3v) is 3.79. The zero-order chi connectivity index (χ0) is 15.9. The van der Waals surface area contributed by atoms with Crippen molar-refractivity contribution in [3.05, 3.63) is 35.7 Å². The van der Waals surface area contributed by atoms with E-state index in [2.05, 4.69) is 10.2 Å². The Bertz CT molecular complexity index is 630. The van der Waals surface area contributed by atoms with E-state index < -0.39 is 0 Å². The lowest BCUT2D eigenvalue weighted by Crippen LogP contribution is -2.16. The maximum absolute atomic E-state index is 11.6. The summed E-state index contributed by atoms with van der Waals surface area (Å²) < 4.78 is 15.8. The molecular formula is C15H18N2O4S. The van der Waals surface area contributed by atoms with Crippen molar-refractivity contribution in [2.24, 2.45) is 0 Å². The Labute approximate surface area is 133 Å². The van der Waals surface area contributed by atoms with Crippen molar-refractivity contribution in [2.45, 2.75) is 30.7 Å². The molecule has 0 saturated heterocycles. The normalized spacial score (nSPS) is 12.0. The van der Waals surface area contributed by atoms with Crippen LogP contribution in [0.1, 0.15) is 25.3 Å². The van der Waals surface area contributed by atoms with Crippen LogP contribution >= 0.6 is 11.8 Å². The van der Waals surface area contributed by atoms with E-state index in [4.69, 9.17) is 13.9 Å². The maximum Gasteiger partial charge on any atom is 0.319 e. The molecule has 0 fully saturated rings. The van der Waals surface area contributed by atoms with E-state index in [1.165, 1.54) is 11.8 Å². The standard InChI is InChI=1S/C15H18N2O4S/c1-4-20-14(18)10(2)22-15-17-16-13(21-15)9-11-7-5-6-8-12(11)19-3/h5-8,10H,4,9H2,1-3H3. The molecule has 1 aromatic carbocycles. The molecule has 0 saturated carbocycles. The summed E-state index contributed by atoms with van der Waals surface area (Å²) in [4.78, 5) is 11.6. The van der Waals surface area contributed by atoms with Gasteiger partial charge >= 0.3 is 5.97 Å². The number of benzene rings is 1. The van der Waals surface area contributed by atoms with E-state index in [9.17, 15) is 4.79 Å². The van der Waals surface area contributed by atoms with E-state index in [1.54, 1.807) is 21.0 Å². The summed E-state index contributed by atoms with van der Waals surface area (Å²) in [5.41, 5.74) is 0.962. The molecule has 0 bridgehead atoms. The molecule has 0 N–H and O–H groups in total. The van der Waals surface area contributed by atoms with E-state index in [0.29, 0.717) is 24.1 Å². The van der Waals surface area contributed by atoms with Crippen LogP contribution in [0.3, 0.4) is 0 Å². The highest BCUT2D eigenvalue weighted by molar-refractivity contribution is 8.00. The predicted molar refractivity (Wildman–Crippen MR) is 82.1 cm³/mol. The molecule has 0 aliphatic carbocycles. The first-order valence-electron chi connectivity index (χ1n) is 6.91. The smallest absolute Gasteiger partial charge is 0.319 e. The van der Waals surface area contributed by atoms with Gasteiger partial charge in [-0.25, -0.2) is 0 Å². The quantitative estimate of drug-likeness (QED) is 0.573. The topological polar surface area (TPSA) is 74.5 Å². The highest BCUT2D eigenvalue weighted by atomic mass is 32.2. The lowest BCUT2D eigenvalue weighted by molar-refractivity contribution is -0.142. The fraction of sp³-hybridized carbons (Fsp3) is 0.400. The van der Waals surface area contributed by atoms with Gasteiger partial charge in [0, 0.05) is 5.56 Å². The van der Waals surface area contributed by atoms with Crippen molar-refractivity contribution in [1.29, 1.82) is 0 Å². The number of hydrogen-bond donors (Lipinski definition) is 0. The van der Waals surface area contributed by atoms with Crippen LogP contribution in [0.5, 0.6) is 5.75 Å². The van der Waals surface area contributed by atoms with Gasteiger partial charge in [0.25, 0.3) is 5.22 Å². The van der Waals surface area contributed by atoms with Crippen LogP contribution < -0.4 is 4.74 Å². The van der Waals surface area contributed by atoms with Gasteiger partial charge < -0.3 is 13.9 Å². The Balaban J connectivity index is 2.01. The summed E-state index contributed by atoms with van der Waals surface area (Å²) in [6.45, 7) is 3.87. The van der Waals surface area contributed by atoms with Gasteiger partial charge in [0.05, 0.1) is 20.1 Å². The molecule has 1 unspecified atom stereocenters. The monoisotopic (exact) mass is 322 g/mol. The number of para-hydroxylation sites is 1. The van der Waals surface area contributed by atoms with Crippen molar-refractivity contribution < 1.29 is 18.7 Å². The zero-order valence-corrected chi connectivity index (χ0v) is 13.6. The lowest BCUT2D eigenvalue weighted by atomic mass is 10.1. The zero-order valence-electron chi connectivity index (χ0n) is 12.7. The Morgan fingerprint density at radius 3 is 2.86 bits per heavy atom. The molecule has 0 spiro atoms. The Hall–Kier alpha value is -2.02. The van der Waals surface area contributed by atoms with Gasteiger partial charge in [0.1, 0.15) is 11.0 Å². The highest BCUT2D eigenvalue weighted by Gasteiger charge is 2.19. The minimum atomic E-state index is -0.389. The average molecular weight is 322 g/mol. The number of ether oxygens (including phenoxy) is 2. The number of carbonyl (C=O) groups is 1. The van der Waals surface area contributed by atoms with Crippen molar-refractivity contribution in [3.63, 3.8) is 0 Å². The summed E-state index contributed by atoms with van der Waals surface area (Å²) in [7, 11) is 1.62. The molecule has 2 aromatic rings. The molecule has 1 heterocycles. The van der Waals surface area contributed by atoms with Crippen LogP contribution in [0.15, 0.2) is 33.9 Å². The van der Waals surface area contributed by atoms with E-state index in [1.807, 2.05) is 24.3 Å². The van der Waals surface area contributed by atoms with E-state index in [-0.39, 0.29) is 11.2 Å². The molecule has 1 atom stereocenters. The number of rotatable bonds is 7. The first-order chi connectivity index (χ1) is 10.6. The minimum Gasteiger partial charge on any atom is -0.496 e. The van der Waals surface area contributed by atoms with E-state index >= 15 is 0 Å². The van der Waals surface area contributed by atoms with Crippen molar-refractivity contribution >= 4 is 17.7 Å². The second-order valence-corrected chi connectivity index (χ2v) is 5.75. The van der Waals surface area contributed by atoms with Gasteiger partial charge in [-0.3, -0.25) is 4.79 Å². The van der Waals surface area contributed by atoms with Crippen LogP contribution in [0.4, 0.5) is 0 Å². The summed E-state index contributed by atoms with van der Waals surface area (Å²) in [6.07, 6.45) is 0.478. The molecule has 0 radical (unpaired) electrons. The van der Waals surface area contributed by atoms with Crippen molar-refractivity contribution in [2.75, 3.05) is 13.7 Å². The molecule has 6 nitrogen and oxygen atoms in total. The van der Waals surface area contributed by atoms with Gasteiger partial charge in [-0.05, 0) is 19.9 Å². The molecule has 7 heteroatoms. The predicted octanol–water partition coefficient (Wildman–Crippen LogP) is 2.71. The Kier molecular flexibility index (Phi) is 5.83. The summed E-state index contributed by atoms with van der Waals surface area (Å²) in [5, 5.41) is 7.91. The van der Waals surface area contributed by atoms with Gasteiger partial charge in [0.2, 0.25) is 5.89 Å². The largest absolute Gasteiger partial charge is 0.496 e. The van der Waals surface area contributed by atoms with Crippen LogP contribution in [-0.4, -0.2) is 35.1 Å². The molecule has 0 amide bonds. The van der Waals surface area contributed by atoms with Crippen LogP contribution in [0.2, 0.25) is 0 Å². The molecule has 2 rings (SSSR count). The first-order valence-corrected chi connectivity index (χ1v) is 7.79. The van der Waals surface area contributed by atoms with Crippen LogP contribution in [0.25, 0.3) is 0 Å². The number of aromatic nitrogens is 2. The first kappa shape index (κ1) is 16.4. The summed E-state index contributed by atoms with van der Waals surface area (Å²) in [6, 6.07) is 7.65. The Morgan fingerprint density at radius 1 is 1.36 bits per heavy atom. The Morgan fingerprint density at radius 2 is 2.14 bits per heavy atom. The third-order valence-electron chi connectivity index (χ3n) is 2.88. The number of thioether (sulfide) groups is 1. The molecule has 0 aliphatic heterocycles. The summed E-state index contributed by atoms with van der Waals surface area (Å²) in [5.74, 6) is 0.954. The fourth-order valence-corrected chi connectivity index (χ4v) is 2.53. The maximum atomic E-state index is 11.6. The van der Waals surface area contributed by atoms with Crippen molar-refractivity contribution in [3.8, 4) is 5.75 Å². The second kappa shape index (κ2) is 7.84. The number of nitrogens with zero attached hydrogens (tertiary/aromatic N) is 2. The van der Waals surface area contributed by atoms with Crippen LogP contribution in [0, 0.1) is 0 Å². The van der Waals surface area contributed by atoms with Gasteiger partial charge in [-0.15, -0.1) is 10.2 Å². The van der Waals surface area contributed by atoms with Gasteiger partial charge in [-0.1, -0.05) is 30.0 Å². The number of carbonyl (C=O) groups excluding carboxylic acids is 1. The summed E-state index contributed by atoms with van der Waals surface area (Å²) >= 11 is 1.19. The molecule has 22 heavy (non-hydrogen) atoms. The van der Waals surface area contributed by atoms with Gasteiger partial charge in [-0.2, -0.15) is 0 Å². The number of esters is 1. The molecular weight excluding hydrogens is 304 g/mol. The van der Waals surface area contributed by atoms with E-state index in [0.717, 1.165) is 11.3 Å². The highest BCUT2D eigenvalue weighted by Crippen LogP contribution is 2.25. The fourth-order valence-electron chi connectivity index (χ4n) is 1.83. The second-order valence-electron chi connectivity index (χ2n) is 4.46. The van der Waals surface area contributed by atoms with Crippen molar-refractivity contribution in [1.82, 2.24) is 10.2 Å². The third kappa shape index (κ3) is 4.24. The van der Waals surface area contributed by atoms with Crippen LogP contribution in [-0.2, 0) is 16.0 Å². The number of hydrogen-bond acceptors (Lipinski definition) is 7. The molecule has 118 valence electrons. The molecule has 0 aliphatic rings. The molecule has 1 aromatic heterocycles. The number of methoxy groups -OCH3 is 1. The minimum absolute atomic E-state index is 0.294. The van der Waals surface area contributed by atoms with Gasteiger partial charge in [0.15, 0.2) is 0 Å². The SMILES string of the molecule is CCOC(=O)C(C)Sc1nnc(Cc2ccccc2OC)o1. The lowest BCUT2D eigenvalue weighted by Gasteiger charge is -2.06.